The lowest BCUT2D eigenvalue weighted by molar-refractivity contribution is 0.0934. The van der Waals surface area contributed by atoms with Gasteiger partial charge in [-0.15, -0.1) is 0 Å². The number of hydrogen-bond acceptors (Lipinski definition) is 4. The number of anilines is 1. The number of aromatic nitrogens is 1. The van der Waals surface area contributed by atoms with Gasteiger partial charge in [-0.2, -0.15) is 0 Å². The highest BCUT2D eigenvalue weighted by molar-refractivity contribution is 6.00. The predicted molar refractivity (Wildman–Crippen MR) is 79.2 cm³/mol. The van der Waals surface area contributed by atoms with Gasteiger partial charge in [-0.1, -0.05) is 30.7 Å². The highest BCUT2D eigenvalue weighted by Crippen LogP contribution is 2.25. The van der Waals surface area contributed by atoms with Crippen LogP contribution in [0.15, 0.2) is 30.3 Å². The molecule has 0 unspecified atom stereocenters. The molecule has 4 N–H and O–H groups in total. The minimum absolute atomic E-state index is 0.140. The minimum Gasteiger partial charge on any atom is -0.350 e. The van der Waals surface area contributed by atoms with Crippen LogP contribution in [0.2, 0.25) is 0 Å². The van der Waals surface area contributed by atoms with Crippen LogP contribution in [-0.2, 0) is 0 Å². The van der Waals surface area contributed by atoms with Gasteiger partial charge in [-0.25, -0.2) is 10.8 Å². The van der Waals surface area contributed by atoms with E-state index in [-0.39, 0.29) is 5.91 Å². The molecule has 0 atom stereocenters. The molecular formula is C15H18N4O. The largest absolute Gasteiger partial charge is 0.350 e. The van der Waals surface area contributed by atoms with Crippen molar-refractivity contribution >= 4 is 22.5 Å². The van der Waals surface area contributed by atoms with E-state index in [1.807, 2.05) is 24.3 Å². The summed E-state index contributed by atoms with van der Waals surface area (Å²) in [5.41, 5.74) is 2.96. The van der Waals surface area contributed by atoms with Crippen LogP contribution in [0.3, 0.4) is 0 Å². The van der Waals surface area contributed by atoms with Crippen molar-refractivity contribution in [2.45, 2.75) is 19.3 Å². The van der Waals surface area contributed by atoms with Crippen LogP contribution >= 0.6 is 0 Å². The highest BCUT2D eigenvalue weighted by Gasteiger charge is 2.19. The van der Waals surface area contributed by atoms with E-state index in [9.17, 15) is 4.79 Å². The number of hydrogen-bond donors (Lipinski definition) is 3. The van der Waals surface area contributed by atoms with Crippen LogP contribution in [0.25, 0.3) is 10.8 Å². The van der Waals surface area contributed by atoms with Crippen LogP contribution in [0, 0.1) is 5.92 Å². The van der Waals surface area contributed by atoms with Crippen LogP contribution in [0.1, 0.15) is 29.8 Å². The number of fused-ring (bicyclic) bond motifs is 1. The second-order valence-electron chi connectivity index (χ2n) is 5.23. The predicted octanol–water partition coefficient (Wildman–Crippen LogP) is 2.05. The molecule has 0 saturated heterocycles. The van der Waals surface area contributed by atoms with Gasteiger partial charge in [0.05, 0.1) is 0 Å². The molecule has 1 aromatic carbocycles. The number of nitrogens with zero attached hydrogens (tertiary/aromatic N) is 1. The molecule has 1 heterocycles. The van der Waals surface area contributed by atoms with E-state index in [1.165, 1.54) is 19.3 Å². The number of hydrazine groups is 1. The van der Waals surface area contributed by atoms with Crippen molar-refractivity contribution in [1.82, 2.24) is 10.3 Å². The van der Waals surface area contributed by atoms with Gasteiger partial charge >= 0.3 is 0 Å². The van der Waals surface area contributed by atoms with Crippen LogP contribution in [-0.4, -0.2) is 17.4 Å². The topological polar surface area (TPSA) is 80.0 Å². The lowest BCUT2D eigenvalue weighted by Crippen LogP contribution is -2.32. The van der Waals surface area contributed by atoms with E-state index in [0.29, 0.717) is 17.4 Å². The van der Waals surface area contributed by atoms with Crippen molar-refractivity contribution in [2.75, 3.05) is 12.0 Å². The molecule has 1 amide bonds. The van der Waals surface area contributed by atoms with Gasteiger partial charge < -0.3 is 10.7 Å². The smallest absolute Gasteiger partial charge is 0.270 e. The SMILES string of the molecule is NNc1nc(C(=O)NCC2CCC2)cc2ccccc12. The number of benzene rings is 1. The lowest BCUT2D eigenvalue weighted by atomic mass is 9.85. The average molecular weight is 270 g/mol. The third kappa shape index (κ3) is 2.44. The fourth-order valence-corrected chi connectivity index (χ4v) is 2.45. The molecule has 1 aliphatic carbocycles. The molecule has 20 heavy (non-hydrogen) atoms. The molecule has 5 nitrogen and oxygen atoms in total. The monoisotopic (exact) mass is 270 g/mol. The Morgan fingerprint density at radius 1 is 1.35 bits per heavy atom. The van der Waals surface area contributed by atoms with Crippen molar-refractivity contribution in [2.24, 2.45) is 11.8 Å². The Hall–Kier alpha value is -2.14. The van der Waals surface area contributed by atoms with E-state index in [0.717, 1.165) is 17.3 Å². The Morgan fingerprint density at radius 2 is 2.15 bits per heavy atom. The molecule has 1 saturated carbocycles. The molecule has 1 aromatic heterocycles. The van der Waals surface area contributed by atoms with Crippen molar-refractivity contribution < 1.29 is 4.79 Å². The number of carbonyl (C=O) groups excluding carboxylic acids is 1. The fraction of sp³-hybridized carbons (Fsp3) is 0.333. The van der Waals surface area contributed by atoms with Crippen molar-refractivity contribution in [3.63, 3.8) is 0 Å². The first kappa shape index (κ1) is 12.9. The van der Waals surface area contributed by atoms with Gasteiger partial charge in [0, 0.05) is 11.9 Å². The fourth-order valence-electron chi connectivity index (χ4n) is 2.45. The van der Waals surface area contributed by atoms with Crippen molar-refractivity contribution in [3.05, 3.63) is 36.0 Å². The summed E-state index contributed by atoms with van der Waals surface area (Å²) in [6.07, 6.45) is 3.69. The Balaban J connectivity index is 1.84. The zero-order chi connectivity index (χ0) is 13.9. The quantitative estimate of drug-likeness (QED) is 0.587. The standard InChI is InChI=1S/C15H18N4O/c16-19-14-12-7-2-1-6-11(12)8-13(18-14)15(20)17-9-10-4-3-5-10/h1-2,6-8,10H,3-5,9,16H2,(H,17,20)(H,18,19). The first-order valence-corrected chi connectivity index (χ1v) is 6.92. The number of carbonyl (C=O) groups is 1. The molecule has 2 aromatic rings. The normalized spacial score (nSPS) is 14.8. The second kappa shape index (κ2) is 5.46. The number of nitrogens with one attached hydrogen (secondary N) is 2. The molecule has 1 aliphatic rings. The maximum atomic E-state index is 12.2. The lowest BCUT2D eigenvalue weighted by Gasteiger charge is -2.25. The first-order chi connectivity index (χ1) is 9.78. The summed E-state index contributed by atoms with van der Waals surface area (Å²) in [5, 5.41) is 4.80. The summed E-state index contributed by atoms with van der Waals surface area (Å²) >= 11 is 0. The number of nitrogen functional groups attached to an aromatic ring is 1. The van der Waals surface area contributed by atoms with E-state index >= 15 is 0 Å². The summed E-state index contributed by atoms with van der Waals surface area (Å²) in [5.74, 6) is 6.51. The summed E-state index contributed by atoms with van der Waals surface area (Å²) in [6, 6.07) is 9.51. The maximum Gasteiger partial charge on any atom is 0.270 e. The summed E-state index contributed by atoms with van der Waals surface area (Å²) in [7, 11) is 0. The second-order valence-corrected chi connectivity index (χ2v) is 5.23. The highest BCUT2D eigenvalue weighted by atomic mass is 16.1. The van der Waals surface area contributed by atoms with Gasteiger partial charge in [0.15, 0.2) is 0 Å². The van der Waals surface area contributed by atoms with Crippen molar-refractivity contribution in [3.8, 4) is 0 Å². The van der Waals surface area contributed by atoms with E-state index in [2.05, 4.69) is 15.7 Å². The van der Waals surface area contributed by atoms with Gasteiger partial charge in [0.1, 0.15) is 11.5 Å². The third-order valence-electron chi connectivity index (χ3n) is 3.89. The maximum absolute atomic E-state index is 12.2. The molecule has 3 rings (SSSR count). The molecule has 5 heteroatoms. The Bertz CT molecular complexity index is 637. The molecule has 0 radical (unpaired) electrons. The molecule has 1 fully saturated rings. The van der Waals surface area contributed by atoms with E-state index in [1.54, 1.807) is 6.07 Å². The van der Waals surface area contributed by atoms with E-state index < -0.39 is 0 Å². The van der Waals surface area contributed by atoms with Crippen LogP contribution < -0.4 is 16.6 Å². The average Bonchev–Trinajstić information content (AvgIpc) is 2.44. The first-order valence-electron chi connectivity index (χ1n) is 6.92. The Morgan fingerprint density at radius 3 is 2.85 bits per heavy atom. The van der Waals surface area contributed by atoms with Gasteiger partial charge in [-0.05, 0) is 30.2 Å². The molecule has 0 bridgehead atoms. The molecule has 0 spiro atoms. The molecule has 0 aliphatic heterocycles. The van der Waals surface area contributed by atoms with Gasteiger partial charge in [0.2, 0.25) is 0 Å². The number of nitrogens with two attached hydrogens (primary N) is 1. The summed E-state index contributed by atoms with van der Waals surface area (Å²) < 4.78 is 0. The number of pyridine rings is 1. The van der Waals surface area contributed by atoms with Crippen molar-refractivity contribution in [1.29, 1.82) is 0 Å². The Kier molecular flexibility index (Phi) is 3.52. The van der Waals surface area contributed by atoms with E-state index in [4.69, 9.17) is 5.84 Å². The number of amides is 1. The zero-order valence-electron chi connectivity index (χ0n) is 11.2. The zero-order valence-corrected chi connectivity index (χ0v) is 11.2. The van der Waals surface area contributed by atoms with Crippen LogP contribution in [0.5, 0.6) is 0 Å². The van der Waals surface area contributed by atoms with Gasteiger partial charge in [0.25, 0.3) is 5.91 Å². The Labute approximate surface area is 117 Å². The summed E-state index contributed by atoms with van der Waals surface area (Å²) in [6.45, 7) is 0.735. The molecule has 104 valence electrons. The summed E-state index contributed by atoms with van der Waals surface area (Å²) in [4.78, 5) is 16.5. The van der Waals surface area contributed by atoms with Crippen LogP contribution in [0.4, 0.5) is 5.82 Å². The number of rotatable bonds is 4. The van der Waals surface area contributed by atoms with Gasteiger partial charge in [-0.3, -0.25) is 4.79 Å². The third-order valence-corrected chi connectivity index (χ3v) is 3.89. The molecular weight excluding hydrogens is 252 g/mol. The minimum atomic E-state index is -0.140.